The monoisotopic (exact) mass is 220 g/mol. The minimum atomic E-state index is -0.290. The summed E-state index contributed by atoms with van der Waals surface area (Å²) in [5.41, 5.74) is 2.27. The summed E-state index contributed by atoms with van der Waals surface area (Å²) in [6.45, 7) is 6.04. The number of rotatable bonds is 5. The SMILES string of the molecule is COC(C(=O)Cc1ccc(C)cc1)C(C)C. The van der Waals surface area contributed by atoms with Gasteiger partial charge in [-0.15, -0.1) is 0 Å². The van der Waals surface area contributed by atoms with E-state index < -0.39 is 0 Å². The molecule has 0 aliphatic carbocycles. The first-order valence-electron chi connectivity index (χ1n) is 5.65. The molecule has 1 unspecified atom stereocenters. The molecule has 0 aliphatic rings. The van der Waals surface area contributed by atoms with Crippen molar-refractivity contribution in [1.82, 2.24) is 0 Å². The van der Waals surface area contributed by atoms with E-state index in [4.69, 9.17) is 4.74 Å². The zero-order chi connectivity index (χ0) is 12.1. The molecule has 0 bridgehead atoms. The number of carbonyl (C=O) groups is 1. The number of Topliss-reactive ketones (excluding diaryl/α,β-unsaturated/α-hetero) is 1. The zero-order valence-corrected chi connectivity index (χ0v) is 10.5. The molecule has 0 fully saturated rings. The van der Waals surface area contributed by atoms with Gasteiger partial charge in [0.15, 0.2) is 5.78 Å². The predicted molar refractivity (Wildman–Crippen MR) is 65.5 cm³/mol. The van der Waals surface area contributed by atoms with Crippen molar-refractivity contribution in [3.8, 4) is 0 Å². The highest BCUT2D eigenvalue weighted by atomic mass is 16.5. The van der Waals surface area contributed by atoms with E-state index >= 15 is 0 Å². The molecule has 0 saturated heterocycles. The number of hydrogen-bond acceptors (Lipinski definition) is 2. The standard InChI is InChI=1S/C14H20O2/c1-10(2)14(16-4)13(15)9-12-7-5-11(3)6-8-12/h5-8,10,14H,9H2,1-4H3. The average Bonchev–Trinajstić information content (AvgIpc) is 2.22. The molecule has 0 N–H and O–H groups in total. The largest absolute Gasteiger partial charge is 0.373 e. The highest BCUT2D eigenvalue weighted by molar-refractivity contribution is 5.85. The first-order chi connectivity index (χ1) is 7.54. The molecular weight excluding hydrogens is 200 g/mol. The minimum absolute atomic E-state index is 0.154. The fourth-order valence-electron chi connectivity index (χ4n) is 1.78. The van der Waals surface area contributed by atoms with Gasteiger partial charge in [-0.2, -0.15) is 0 Å². The van der Waals surface area contributed by atoms with E-state index in [1.807, 2.05) is 45.0 Å². The van der Waals surface area contributed by atoms with Crippen molar-refractivity contribution in [2.24, 2.45) is 5.92 Å². The summed E-state index contributed by atoms with van der Waals surface area (Å²) in [7, 11) is 1.59. The molecule has 16 heavy (non-hydrogen) atoms. The van der Waals surface area contributed by atoms with Gasteiger partial charge in [-0.05, 0) is 18.4 Å². The van der Waals surface area contributed by atoms with Crippen LogP contribution in [0.15, 0.2) is 24.3 Å². The van der Waals surface area contributed by atoms with Crippen molar-refractivity contribution in [3.63, 3.8) is 0 Å². The molecule has 0 aromatic heterocycles. The van der Waals surface area contributed by atoms with Gasteiger partial charge in [-0.25, -0.2) is 0 Å². The van der Waals surface area contributed by atoms with Crippen LogP contribution in [-0.4, -0.2) is 19.0 Å². The van der Waals surface area contributed by atoms with Crippen molar-refractivity contribution >= 4 is 5.78 Å². The van der Waals surface area contributed by atoms with Crippen LogP contribution in [0.3, 0.4) is 0 Å². The Morgan fingerprint density at radius 2 is 1.81 bits per heavy atom. The molecule has 0 saturated carbocycles. The second-order valence-corrected chi connectivity index (χ2v) is 4.53. The van der Waals surface area contributed by atoms with E-state index in [2.05, 4.69) is 0 Å². The van der Waals surface area contributed by atoms with E-state index in [0.29, 0.717) is 6.42 Å². The van der Waals surface area contributed by atoms with Gasteiger partial charge >= 0.3 is 0 Å². The highest BCUT2D eigenvalue weighted by Crippen LogP contribution is 2.11. The molecular formula is C14H20O2. The summed E-state index contributed by atoms with van der Waals surface area (Å²) in [4.78, 5) is 11.9. The molecule has 1 atom stereocenters. The molecule has 1 aromatic rings. The van der Waals surface area contributed by atoms with Crippen molar-refractivity contribution in [2.75, 3.05) is 7.11 Å². The second kappa shape index (κ2) is 5.80. The topological polar surface area (TPSA) is 26.3 Å². The van der Waals surface area contributed by atoms with Crippen molar-refractivity contribution in [1.29, 1.82) is 0 Å². The summed E-state index contributed by atoms with van der Waals surface area (Å²) < 4.78 is 5.22. The first kappa shape index (κ1) is 12.9. The van der Waals surface area contributed by atoms with Gasteiger partial charge in [0, 0.05) is 13.5 Å². The fraction of sp³-hybridized carbons (Fsp3) is 0.500. The lowest BCUT2D eigenvalue weighted by Gasteiger charge is -2.17. The average molecular weight is 220 g/mol. The molecule has 1 aromatic carbocycles. The van der Waals surface area contributed by atoms with Crippen LogP contribution in [0, 0.1) is 12.8 Å². The highest BCUT2D eigenvalue weighted by Gasteiger charge is 2.21. The summed E-state index contributed by atoms with van der Waals surface area (Å²) in [6, 6.07) is 8.06. The van der Waals surface area contributed by atoms with E-state index in [-0.39, 0.29) is 17.8 Å². The Labute approximate surface area is 97.6 Å². The van der Waals surface area contributed by atoms with E-state index in [0.717, 1.165) is 5.56 Å². The number of benzene rings is 1. The molecule has 0 amide bonds. The van der Waals surface area contributed by atoms with E-state index in [1.165, 1.54) is 5.56 Å². The predicted octanol–water partition coefficient (Wildman–Crippen LogP) is 2.78. The molecule has 88 valence electrons. The molecule has 0 aliphatic heterocycles. The number of aryl methyl sites for hydroxylation is 1. The molecule has 2 nitrogen and oxygen atoms in total. The van der Waals surface area contributed by atoms with Crippen LogP contribution in [0.25, 0.3) is 0 Å². The van der Waals surface area contributed by atoms with Crippen LogP contribution < -0.4 is 0 Å². The lowest BCUT2D eigenvalue weighted by molar-refractivity contribution is -0.130. The smallest absolute Gasteiger partial charge is 0.166 e. The van der Waals surface area contributed by atoms with Gasteiger partial charge in [-0.1, -0.05) is 43.7 Å². The summed E-state index contributed by atoms with van der Waals surface area (Å²) in [6.07, 6.45) is 0.165. The Bertz CT molecular complexity index is 338. The minimum Gasteiger partial charge on any atom is -0.373 e. The third-order valence-electron chi connectivity index (χ3n) is 2.68. The molecule has 0 heterocycles. The van der Waals surface area contributed by atoms with Crippen LogP contribution >= 0.6 is 0 Å². The molecule has 0 radical (unpaired) electrons. The number of carbonyl (C=O) groups excluding carboxylic acids is 1. The van der Waals surface area contributed by atoms with Gasteiger partial charge in [-0.3, -0.25) is 4.79 Å². The number of hydrogen-bond donors (Lipinski definition) is 0. The number of methoxy groups -OCH3 is 1. The van der Waals surface area contributed by atoms with Crippen molar-refractivity contribution < 1.29 is 9.53 Å². The molecule has 1 rings (SSSR count). The summed E-state index contributed by atoms with van der Waals surface area (Å²) in [5, 5.41) is 0. The van der Waals surface area contributed by atoms with Gasteiger partial charge < -0.3 is 4.74 Å². The Kier molecular flexibility index (Phi) is 4.69. The Morgan fingerprint density at radius 3 is 2.25 bits per heavy atom. The maximum absolute atomic E-state index is 11.9. The Hall–Kier alpha value is -1.15. The Balaban J connectivity index is 2.66. The Morgan fingerprint density at radius 1 is 1.25 bits per heavy atom. The number of ketones is 1. The first-order valence-corrected chi connectivity index (χ1v) is 5.65. The fourth-order valence-corrected chi connectivity index (χ4v) is 1.78. The summed E-state index contributed by atoms with van der Waals surface area (Å²) >= 11 is 0. The third kappa shape index (κ3) is 3.46. The van der Waals surface area contributed by atoms with Crippen LogP contribution in [0.2, 0.25) is 0 Å². The lowest BCUT2D eigenvalue weighted by Crippen LogP contribution is -2.29. The maximum atomic E-state index is 11.9. The normalized spacial score (nSPS) is 12.8. The van der Waals surface area contributed by atoms with Crippen LogP contribution in [-0.2, 0) is 16.0 Å². The van der Waals surface area contributed by atoms with Crippen molar-refractivity contribution in [2.45, 2.75) is 33.3 Å². The third-order valence-corrected chi connectivity index (χ3v) is 2.68. The summed E-state index contributed by atoms with van der Waals surface area (Å²) in [5.74, 6) is 0.379. The van der Waals surface area contributed by atoms with Crippen LogP contribution in [0.5, 0.6) is 0 Å². The molecule has 2 heteroatoms. The van der Waals surface area contributed by atoms with E-state index in [9.17, 15) is 4.79 Å². The second-order valence-electron chi connectivity index (χ2n) is 4.53. The quantitative estimate of drug-likeness (QED) is 0.762. The number of ether oxygens (including phenoxy) is 1. The molecule has 0 spiro atoms. The van der Waals surface area contributed by atoms with Gasteiger partial charge in [0.05, 0.1) is 0 Å². The van der Waals surface area contributed by atoms with Crippen LogP contribution in [0.4, 0.5) is 0 Å². The van der Waals surface area contributed by atoms with Crippen LogP contribution in [0.1, 0.15) is 25.0 Å². The lowest BCUT2D eigenvalue weighted by atomic mass is 9.97. The van der Waals surface area contributed by atoms with Gasteiger partial charge in [0.2, 0.25) is 0 Å². The van der Waals surface area contributed by atoms with Gasteiger partial charge in [0.25, 0.3) is 0 Å². The van der Waals surface area contributed by atoms with Crippen molar-refractivity contribution in [3.05, 3.63) is 35.4 Å². The van der Waals surface area contributed by atoms with E-state index in [1.54, 1.807) is 7.11 Å². The zero-order valence-electron chi connectivity index (χ0n) is 10.5. The van der Waals surface area contributed by atoms with Gasteiger partial charge in [0.1, 0.15) is 6.10 Å². The maximum Gasteiger partial charge on any atom is 0.166 e.